The van der Waals surface area contributed by atoms with E-state index >= 15 is 0 Å². The topological polar surface area (TPSA) is 28.7 Å². The van der Waals surface area contributed by atoms with Crippen LogP contribution in [0.2, 0.25) is 0 Å². The van der Waals surface area contributed by atoms with Crippen LogP contribution in [0.3, 0.4) is 0 Å². The first-order valence-electron chi connectivity index (χ1n) is 4.36. The van der Waals surface area contributed by atoms with Gasteiger partial charge >= 0.3 is 0 Å². The van der Waals surface area contributed by atoms with Crippen molar-refractivity contribution >= 4 is 0 Å². The molecule has 2 rings (SSSR count). The molecule has 0 saturated heterocycles. The van der Waals surface area contributed by atoms with E-state index in [0.29, 0.717) is 5.92 Å². The van der Waals surface area contributed by atoms with Gasteiger partial charge < -0.3 is 0 Å². The monoisotopic (exact) mass is 162 g/mol. The molecule has 1 aromatic rings. The van der Waals surface area contributed by atoms with Crippen molar-refractivity contribution in [2.75, 3.05) is 0 Å². The van der Waals surface area contributed by atoms with E-state index < -0.39 is 0 Å². The Bertz CT molecular complexity index is 323. The van der Waals surface area contributed by atoms with Crippen molar-refractivity contribution in [1.82, 2.24) is 10.2 Å². The predicted octanol–water partition coefficient (Wildman–Crippen LogP) is 2.01. The minimum Gasteiger partial charge on any atom is -0.282 e. The minimum atomic E-state index is 0.635. The van der Waals surface area contributed by atoms with Gasteiger partial charge in [0.25, 0.3) is 0 Å². The van der Waals surface area contributed by atoms with Crippen molar-refractivity contribution in [3.05, 3.63) is 29.1 Å². The molecule has 1 heterocycles. The molecule has 1 unspecified atom stereocenters. The number of nitrogens with one attached hydrogen (secondary N) is 1. The smallest absolute Gasteiger partial charge is 0.0663 e. The van der Waals surface area contributed by atoms with Crippen LogP contribution in [-0.2, 0) is 12.8 Å². The first kappa shape index (κ1) is 7.59. The van der Waals surface area contributed by atoms with Gasteiger partial charge in [0, 0.05) is 5.69 Å². The SMILES string of the molecule is C=C(C)C1Cc2n[nH]c(C)c2C1. The lowest BCUT2D eigenvalue weighted by Gasteiger charge is -2.06. The van der Waals surface area contributed by atoms with Crippen molar-refractivity contribution in [1.29, 1.82) is 0 Å². The fraction of sp³-hybridized carbons (Fsp3) is 0.500. The summed E-state index contributed by atoms with van der Waals surface area (Å²) in [7, 11) is 0. The third-order valence-corrected chi connectivity index (χ3v) is 2.75. The van der Waals surface area contributed by atoms with Crippen LogP contribution in [-0.4, -0.2) is 10.2 Å². The van der Waals surface area contributed by atoms with E-state index in [1.54, 1.807) is 0 Å². The minimum absolute atomic E-state index is 0.635. The molecule has 0 radical (unpaired) electrons. The normalized spacial score (nSPS) is 21.0. The molecule has 0 fully saturated rings. The number of aryl methyl sites for hydroxylation is 1. The largest absolute Gasteiger partial charge is 0.282 e. The van der Waals surface area contributed by atoms with E-state index in [9.17, 15) is 0 Å². The van der Waals surface area contributed by atoms with Crippen LogP contribution in [0.5, 0.6) is 0 Å². The zero-order valence-electron chi connectivity index (χ0n) is 7.65. The maximum Gasteiger partial charge on any atom is 0.0663 e. The fourth-order valence-electron chi connectivity index (χ4n) is 1.84. The quantitative estimate of drug-likeness (QED) is 0.629. The Labute approximate surface area is 72.7 Å². The van der Waals surface area contributed by atoms with Crippen LogP contribution in [0.1, 0.15) is 23.9 Å². The van der Waals surface area contributed by atoms with Gasteiger partial charge in [-0.15, -0.1) is 0 Å². The highest BCUT2D eigenvalue weighted by atomic mass is 15.1. The lowest BCUT2D eigenvalue weighted by Crippen LogP contribution is -2.01. The van der Waals surface area contributed by atoms with Gasteiger partial charge in [0.15, 0.2) is 0 Å². The number of H-pyrrole nitrogens is 1. The molecule has 2 nitrogen and oxygen atoms in total. The Balaban J connectivity index is 2.28. The predicted molar refractivity (Wildman–Crippen MR) is 49.0 cm³/mol. The lowest BCUT2D eigenvalue weighted by atomic mass is 9.99. The third-order valence-electron chi connectivity index (χ3n) is 2.75. The number of aromatic nitrogens is 2. The molecule has 12 heavy (non-hydrogen) atoms. The average Bonchev–Trinajstić information content (AvgIpc) is 2.53. The molecule has 1 aromatic heterocycles. The van der Waals surface area contributed by atoms with E-state index in [1.807, 2.05) is 0 Å². The molecule has 1 N–H and O–H groups in total. The van der Waals surface area contributed by atoms with Crippen LogP contribution in [0, 0.1) is 12.8 Å². The van der Waals surface area contributed by atoms with Crippen molar-refractivity contribution in [3.8, 4) is 0 Å². The maximum absolute atomic E-state index is 4.26. The molecule has 0 bridgehead atoms. The molecule has 64 valence electrons. The van der Waals surface area contributed by atoms with Crippen molar-refractivity contribution in [2.24, 2.45) is 5.92 Å². The second-order valence-corrected chi connectivity index (χ2v) is 3.73. The van der Waals surface area contributed by atoms with E-state index in [4.69, 9.17) is 0 Å². The number of nitrogens with zero attached hydrogens (tertiary/aromatic N) is 1. The third kappa shape index (κ3) is 0.986. The summed E-state index contributed by atoms with van der Waals surface area (Å²) in [6, 6.07) is 0. The maximum atomic E-state index is 4.26. The molecule has 0 amide bonds. The average molecular weight is 162 g/mol. The number of fused-ring (bicyclic) bond motifs is 1. The number of allylic oxidation sites excluding steroid dienone is 1. The molecular formula is C10H14N2. The molecule has 0 saturated carbocycles. The standard InChI is InChI=1S/C10H14N2/c1-6(2)8-4-9-7(3)11-12-10(9)5-8/h8H,1,4-5H2,2-3H3,(H,11,12). The van der Waals surface area contributed by atoms with Crippen LogP contribution in [0.25, 0.3) is 0 Å². The Morgan fingerprint density at radius 3 is 2.92 bits per heavy atom. The molecule has 0 aliphatic heterocycles. The summed E-state index contributed by atoms with van der Waals surface area (Å²) in [5, 5.41) is 7.28. The Hall–Kier alpha value is -1.05. The van der Waals surface area contributed by atoms with Gasteiger partial charge in [-0.1, -0.05) is 12.2 Å². The van der Waals surface area contributed by atoms with Crippen LogP contribution >= 0.6 is 0 Å². The Morgan fingerprint density at radius 1 is 1.58 bits per heavy atom. The van der Waals surface area contributed by atoms with E-state index in [2.05, 4.69) is 30.6 Å². The second kappa shape index (κ2) is 2.47. The van der Waals surface area contributed by atoms with E-state index in [0.717, 1.165) is 12.8 Å². The number of hydrogen-bond acceptors (Lipinski definition) is 1. The molecule has 0 aromatic carbocycles. The number of rotatable bonds is 1. The van der Waals surface area contributed by atoms with Gasteiger partial charge in [-0.05, 0) is 38.2 Å². The van der Waals surface area contributed by atoms with Crippen LogP contribution < -0.4 is 0 Å². The number of hydrogen-bond donors (Lipinski definition) is 1. The highest BCUT2D eigenvalue weighted by Gasteiger charge is 2.25. The zero-order valence-corrected chi connectivity index (χ0v) is 7.65. The summed E-state index contributed by atoms with van der Waals surface area (Å²) in [5.41, 5.74) is 5.18. The second-order valence-electron chi connectivity index (χ2n) is 3.73. The highest BCUT2D eigenvalue weighted by molar-refractivity contribution is 5.32. The molecule has 1 atom stereocenters. The van der Waals surface area contributed by atoms with Gasteiger partial charge in [0.1, 0.15) is 0 Å². The van der Waals surface area contributed by atoms with Gasteiger partial charge in [-0.2, -0.15) is 5.10 Å². The van der Waals surface area contributed by atoms with E-state index in [-0.39, 0.29) is 0 Å². The van der Waals surface area contributed by atoms with Crippen LogP contribution in [0.4, 0.5) is 0 Å². The summed E-state index contributed by atoms with van der Waals surface area (Å²) in [5.74, 6) is 0.635. The molecule has 1 aliphatic rings. The summed E-state index contributed by atoms with van der Waals surface area (Å²) in [4.78, 5) is 0. The van der Waals surface area contributed by atoms with Gasteiger partial charge in [-0.3, -0.25) is 5.10 Å². The summed E-state index contributed by atoms with van der Waals surface area (Å²) in [6.45, 7) is 8.19. The van der Waals surface area contributed by atoms with E-state index in [1.165, 1.54) is 22.5 Å². The summed E-state index contributed by atoms with van der Waals surface area (Å²) < 4.78 is 0. The van der Waals surface area contributed by atoms with Crippen LogP contribution in [0.15, 0.2) is 12.2 Å². The Morgan fingerprint density at radius 2 is 2.33 bits per heavy atom. The van der Waals surface area contributed by atoms with Gasteiger partial charge in [0.05, 0.1) is 5.69 Å². The molecule has 2 heteroatoms. The lowest BCUT2D eigenvalue weighted by molar-refractivity contribution is 0.646. The molecular weight excluding hydrogens is 148 g/mol. The molecule has 1 aliphatic carbocycles. The highest BCUT2D eigenvalue weighted by Crippen LogP contribution is 2.30. The summed E-state index contributed by atoms with van der Waals surface area (Å²) >= 11 is 0. The summed E-state index contributed by atoms with van der Waals surface area (Å²) in [6.07, 6.45) is 2.21. The van der Waals surface area contributed by atoms with Gasteiger partial charge in [-0.25, -0.2) is 0 Å². The fourth-order valence-corrected chi connectivity index (χ4v) is 1.84. The zero-order chi connectivity index (χ0) is 8.72. The first-order valence-corrected chi connectivity index (χ1v) is 4.36. The van der Waals surface area contributed by atoms with Crippen molar-refractivity contribution in [3.63, 3.8) is 0 Å². The molecule has 0 spiro atoms. The van der Waals surface area contributed by atoms with Gasteiger partial charge in [0.2, 0.25) is 0 Å². The van der Waals surface area contributed by atoms with Crippen molar-refractivity contribution in [2.45, 2.75) is 26.7 Å². The first-order chi connectivity index (χ1) is 5.68. The Kier molecular flexibility index (Phi) is 1.56. The van der Waals surface area contributed by atoms with Crippen molar-refractivity contribution < 1.29 is 0 Å². The number of aromatic amines is 1.